The van der Waals surface area contributed by atoms with E-state index in [1.165, 1.54) is 0 Å². The molecule has 0 amide bonds. The van der Waals surface area contributed by atoms with Crippen LogP contribution in [0.1, 0.15) is 65.9 Å². The van der Waals surface area contributed by atoms with E-state index in [1.54, 1.807) is 18.3 Å². The van der Waals surface area contributed by atoms with Crippen molar-refractivity contribution >= 4 is 35.0 Å². The highest BCUT2D eigenvalue weighted by Crippen LogP contribution is 2.24. The Balaban J connectivity index is 2.86. The second-order valence-electron chi connectivity index (χ2n) is 8.01. The molecular formula is C25H36ClN3O. The summed E-state index contributed by atoms with van der Waals surface area (Å²) in [4.78, 5) is 17.6. The molecule has 1 aromatic carbocycles. The number of Topliss-reactive ketones (excluding diaryl/α,β-unsaturated/α-hetero) is 1. The van der Waals surface area contributed by atoms with Crippen molar-refractivity contribution in [3.05, 3.63) is 52.6 Å². The van der Waals surface area contributed by atoms with Crippen LogP contribution in [-0.2, 0) is 4.79 Å². The number of nitrogens with zero attached hydrogens (tertiary/aromatic N) is 1. The lowest BCUT2D eigenvalue weighted by molar-refractivity contribution is -0.118. The SMILES string of the molecule is CC/C=C\C(C)(C)N=C/C(=C\CC)C(=O)C(C)CCC(=N)c1cc(Cl)ccc1NC. The second kappa shape index (κ2) is 12.5. The third-order valence-electron chi connectivity index (χ3n) is 4.86. The van der Waals surface area contributed by atoms with Gasteiger partial charge in [-0.25, -0.2) is 0 Å². The summed E-state index contributed by atoms with van der Waals surface area (Å²) in [5, 5.41) is 12.2. The van der Waals surface area contributed by atoms with E-state index in [-0.39, 0.29) is 17.2 Å². The Morgan fingerprint density at radius 2 is 2.00 bits per heavy atom. The number of hydrogen-bond acceptors (Lipinski definition) is 4. The predicted molar refractivity (Wildman–Crippen MR) is 132 cm³/mol. The largest absolute Gasteiger partial charge is 0.388 e. The molecule has 0 spiro atoms. The number of ketones is 1. The minimum atomic E-state index is -0.343. The molecule has 2 N–H and O–H groups in total. The lowest BCUT2D eigenvalue weighted by Gasteiger charge is -2.16. The number of carbonyl (C=O) groups is 1. The Kier molecular flexibility index (Phi) is 10.8. The molecule has 0 heterocycles. The van der Waals surface area contributed by atoms with E-state index >= 15 is 0 Å². The van der Waals surface area contributed by atoms with Gasteiger partial charge in [0.15, 0.2) is 5.78 Å². The summed E-state index contributed by atoms with van der Waals surface area (Å²) in [6.45, 7) is 10.1. The maximum Gasteiger partial charge on any atom is 0.166 e. The highest BCUT2D eigenvalue weighted by molar-refractivity contribution is 6.31. The van der Waals surface area contributed by atoms with Gasteiger partial charge >= 0.3 is 0 Å². The highest BCUT2D eigenvalue weighted by Gasteiger charge is 2.19. The van der Waals surface area contributed by atoms with Crippen LogP contribution in [-0.4, -0.2) is 30.3 Å². The first-order chi connectivity index (χ1) is 14.1. The van der Waals surface area contributed by atoms with Gasteiger partial charge in [-0.1, -0.05) is 50.6 Å². The lowest BCUT2D eigenvalue weighted by atomic mass is 9.92. The van der Waals surface area contributed by atoms with Crippen molar-refractivity contribution < 1.29 is 4.79 Å². The van der Waals surface area contributed by atoms with Gasteiger partial charge in [0.2, 0.25) is 0 Å². The average Bonchev–Trinajstić information content (AvgIpc) is 2.72. The van der Waals surface area contributed by atoms with Gasteiger partial charge in [0, 0.05) is 46.7 Å². The summed E-state index contributed by atoms with van der Waals surface area (Å²) in [5.41, 5.74) is 2.42. The highest BCUT2D eigenvalue weighted by atomic mass is 35.5. The number of rotatable bonds is 12. The van der Waals surface area contributed by atoms with Crippen molar-refractivity contribution in [2.45, 2.75) is 65.8 Å². The monoisotopic (exact) mass is 429 g/mol. The van der Waals surface area contributed by atoms with Gasteiger partial charge < -0.3 is 10.7 Å². The van der Waals surface area contributed by atoms with Gasteiger partial charge in [0.1, 0.15) is 0 Å². The van der Waals surface area contributed by atoms with E-state index in [1.807, 2.05) is 46.9 Å². The first kappa shape index (κ1) is 25.8. The number of hydrogen-bond donors (Lipinski definition) is 2. The normalized spacial score (nSPS) is 13.8. The van der Waals surface area contributed by atoms with Crippen molar-refractivity contribution in [2.24, 2.45) is 10.9 Å². The minimum absolute atomic E-state index is 0.0728. The Labute approximate surface area is 187 Å². The third-order valence-corrected chi connectivity index (χ3v) is 5.09. The molecule has 0 saturated heterocycles. The van der Waals surface area contributed by atoms with Gasteiger partial charge in [0.25, 0.3) is 0 Å². The fraction of sp³-hybridized carbons (Fsp3) is 0.480. The first-order valence-corrected chi connectivity index (χ1v) is 11.0. The van der Waals surface area contributed by atoms with Crippen LogP contribution in [0.25, 0.3) is 0 Å². The molecule has 1 atom stereocenters. The fourth-order valence-electron chi connectivity index (χ4n) is 3.02. The molecule has 164 valence electrons. The summed E-state index contributed by atoms with van der Waals surface area (Å²) >= 11 is 6.11. The van der Waals surface area contributed by atoms with Crippen LogP contribution in [0.15, 0.2) is 47.0 Å². The molecule has 0 aromatic heterocycles. The molecule has 30 heavy (non-hydrogen) atoms. The van der Waals surface area contributed by atoms with Crippen molar-refractivity contribution in [3.63, 3.8) is 0 Å². The summed E-state index contributed by atoms with van der Waals surface area (Å²) in [5.74, 6) is -0.121. The number of anilines is 1. The predicted octanol–water partition coefficient (Wildman–Crippen LogP) is 6.89. The van der Waals surface area contributed by atoms with Crippen LogP contribution in [0.2, 0.25) is 5.02 Å². The zero-order valence-corrected chi connectivity index (χ0v) is 19.9. The van der Waals surface area contributed by atoms with E-state index in [2.05, 4.69) is 29.4 Å². The third kappa shape index (κ3) is 8.27. The van der Waals surface area contributed by atoms with Crippen LogP contribution in [0.4, 0.5) is 5.69 Å². The van der Waals surface area contributed by atoms with Gasteiger partial charge in [-0.3, -0.25) is 9.79 Å². The maximum atomic E-state index is 13.0. The number of aliphatic imine (C=N–C) groups is 1. The smallest absolute Gasteiger partial charge is 0.166 e. The molecule has 0 radical (unpaired) electrons. The Bertz CT molecular complexity index is 822. The summed E-state index contributed by atoms with van der Waals surface area (Å²) in [7, 11) is 1.82. The van der Waals surface area contributed by atoms with Crippen LogP contribution in [0.3, 0.4) is 0 Å². The standard InChI is InChI=1S/C25H36ClN3O/c1-7-9-15-25(4,5)29-17-19(10-8-2)24(30)18(3)11-13-22(27)21-16-20(26)12-14-23(21)28-6/h9-10,12,14-18,27-28H,7-8,11,13H2,1-6H3/b15-9-,19-10+,27-22?,29-17?. The molecule has 1 rings (SSSR count). The quantitative estimate of drug-likeness (QED) is 0.216. The second-order valence-corrected chi connectivity index (χ2v) is 8.45. The lowest BCUT2D eigenvalue weighted by Crippen LogP contribution is -2.19. The molecule has 1 aromatic rings. The van der Waals surface area contributed by atoms with Crippen LogP contribution in [0, 0.1) is 11.3 Å². The van der Waals surface area contributed by atoms with Crippen LogP contribution < -0.4 is 5.32 Å². The molecule has 4 nitrogen and oxygen atoms in total. The van der Waals surface area contributed by atoms with E-state index in [9.17, 15) is 4.79 Å². The number of carbonyl (C=O) groups excluding carboxylic acids is 1. The zero-order valence-electron chi connectivity index (χ0n) is 19.2. The van der Waals surface area contributed by atoms with E-state index < -0.39 is 0 Å². The average molecular weight is 430 g/mol. The van der Waals surface area contributed by atoms with Crippen LogP contribution in [0.5, 0.6) is 0 Å². The summed E-state index contributed by atoms with van der Waals surface area (Å²) in [6, 6.07) is 5.46. The zero-order chi connectivity index (χ0) is 22.7. The number of allylic oxidation sites excluding steroid dienone is 3. The van der Waals surface area contributed by atoms with Crippen molar-refractivity contribution in [2.75, 3.05) is 12.4 Å². The summed E-state index contributed by atoms with van der Waals surface area (Å²) < 4.78 is 0. The molecule has 0 aliphatic heterocycles. The molecular weight excluding hydrogens is 394 g/mol. The van der Waals surface area contributed by atoms with Gasteiger partial charge in [-0.2, -0.15) is 0 Å². The van der Waals surface area contributed by atoms with E-state index in [4.69, 9.17) is 17.0 Å². The minimum Gasteiger partial charge on any atom is -0.388 e. The Morgan fingerprint density at radius 1 is 1.30 bits per heavy atom. The Morgan fingerprint density at radius 3 is 2.60 bits per heavy atom. The molecule has 0 fully saturated rings. The van der Waals surface area contributed by atoms with Gasteiger partial charge in [0.05, 0.1) is 5.54 Å². The van der Waals surface area contributed by atoms with Crippen molar-refractivity contribution in [1.29, 1.82) is 5.41 Å². The van der Waals surface area contributed by atoms with Crippen LogP contribution >= 0.6 is 11.6 Å². The maximum absolute atomic E-state index is 13.0. The number of nitrogens with one attached hydrogen (secondary N) is 2. The summed E-state index contributed by atoms with van der Waals surface area (Å²) in [6.07, 6.45) is 10.6. The van der Waals surface area contributed by atoms with E-state index in [0.717, 1.165) is 24.1 Å². The van der Waals surface area contributed by atoms with Gasteiger partial charge in [-0.05, 0) is 57.7 Å². The molecule has 0 bridgehead atoms. The molecule has 5 heteroatoms. The van der Waals surface area contributed by atoms with Gasteiger partial charge in [-0.15, -0.1) is 0 Å². The molecule has 1 unspecified atom stereocenters. The molecule has 0 saturated carbocycles. The molecule has 0 aliphatic rings. The van der Waals surface area contributed by atoms with Crippen molar-refractivity contribution in [3.8, 4) is 0 Å². The number of halogens is 1. The topological polar surface area (TPSA) is 65.3 Å². The number of benzene rings is 1. The Hall–Kier alpha value is -2.20. The molecule has 0 aliphatic carbocycles. The van der Waals surface area contributed by atoms with E-state index in [0.29, 0.717) is 29.1 Å². The fourth-order valence-corrected chi connectivity index (χ4v) is 3.19. The first-order valence-electron chi connectivity index (χ1n) is 10.7. The van der Waals surface area contributed by atoms with Crippen molar-refractivity contribution in [1.82, 2.24) is 0 Å².